The lowest BCUT2D eigenvalue weighted by Crippen LogP contribution is -2.48. The number of sulfone groups is 1. The van der Waals surface area contributed by atoms with Gasteiger partial charge in [0, 0.05) is 26.2 Å². The summed E-state index contributed by atoms with van der Waals surface area (Å²) in [6.07, 6.45) is 0. The van der Waals surface area contributed by atoms with Crippen molar-refractivity contribution in [3.63, 3.8) is 0 Å². The van der Waals surface area contributed by atoms with Crippen molar-refractivity contribution in [2.24, 2.45) is 0 Å². The zero-order valence-electron chi connectivity index (χ0n) is 15.8. The smallest absolute Gasteiger partial charge is 0.289 e. The Hall–Kier alpha value is -2.12. The Morgan fingerprint density at radius 2 is 1.81 bits per heavy atom. The number of hydrogen-bond donors (Lipinski definition) is 0. The molecule has 0 aliphatic carbocycles. The van der Waals surface area contributed by atoms with Crippen LogP contribution in [0.2, 0.25) is 0 Å². The van der Waals surface area contributed by atoms with Crippen LogP contribution >= 0.6 is 0 Å². The van der Waals surface area contributed by atoms with Crippen molar-refractivity contribution in [1.29, 1.82) is 0 Å². The molecule has 0 bridgehead atoms. The standard InChI is InChI=1S/C20H26N2O4S/c1-3-21-9-11-22(12-10-21)20(23)19-8-7-18(26-19)15-27(24,25)14-17-6-4-5-16(2)13-17/h4-8,13H,3,9-12,14-15H2,1-2H3. The summed E-state index contributed by atoms with van der Waals surface area (Å²) < 4.78 is 30.5. The van der Waals surface area contributed by atoms with E-state index in [1.807, 2.05) is 25.1 Å². The van der Waals surface area contributed by atoms with Crippen molar-refractivity contribution in [3.05, 3.63) is 59.0 Å². The second kappa shape index (κ2) is 8.27. The van der Waals surface area contributed by atoms with Gasteiger partial charge in [0.15, 0.2) is 15.6 Å². The number of carbonyl (C=O) groups excluding carboxylic acids is 1. The van der Waals surface area contributed by atoms with Gasteiger partial charge in [0.05, 0.1) is 5.75 Å². The van der Waals surface area contributed by atoms with Gasteiger partial charge in [-0.1, -0.05) is 36.8 Å². The normalized spacial score (nSPS) is 15.9. The molecule has 1 fully saturated rings. The third-order valence-electron chi connectivity index (χ3n) is 4.81. The van der Waals surface area contributed by atoms with Crippen LogP contribution in [0.1, 0.15) is 34.4 Å². The monoisotopic (exact) mass is 390 g/mol. The molecule has 7 heteroatoms. The lowest BCUT2D eigenvalue weighted by atomic mass is 10.2. The van der Waals surface area contributed by atoms with Crippen molar-refractivity contribution in [3.8, 4) is 0 Å². The minimum Gasteiger partial charge on any atom is -0.455 e. The molecule has 1 aliphatic heterocycles. The van der Waals surface area contributed by atoms with E-state index in [-0.39, 0.29) is 23.2 Å². The highest BCUT2D eigenvalue weighted by atomic mass is 32.2. The summed E-state index contributed by atoms with van der Waals surface area (Å²) in [5, 5.41) is 0. The highest BCUT2D eigenvalue weighted by Crippen LogP contribution is 2.18. The fourth-order valence-corrected chi connectivity index (χ4v) is 4.70. The molecule has 146 valence electrons. The SMILES string of the molecule is CCN1CCN(C(=O)c2ccc(CS(=O)(=O)Cc3cccc(C)c3)o2)CC1. The molecule has 3 rings (SSSR count). The predicted octanol–water partition coefficient (Wildman–Crippen LogP) is 2.48. The maximum atomic E-state index is 12.6. The first-order valence-corrected chi connectivity index (χ1v) is 11.0. The molecule has 1 aromatic heterocycles. The van der Waals surface area contributed by atoms with Crippen LogP contribution in [0, 0.1) is 6.92 Å². The second-order valence-corrected chi connectivity index (χ2v) is 9.08. The van der Waals surface area contributed by atoms with E-state index in [0.717, 1.165) is 30.8 Å². The van der Waals surface area contributed by atoms with E-state index in [2.05, 4.69) is 11.8 Å². The Labute approximate surface area is 160 Å². The van der Waals surface area contributed by atoms with Gasteiger partial charge in [-0.2, -0.15) is 0 Å². The van der Waals surface area contributed by atoms with Gasteiger partial charge in [-0.3, -0.25) is 4.79 Å². The molecule has 1 amide bonds. The Morgan fingerprint density at radius 1 is 1.07 bits per heavy atom. The number of nitrogens with zero attached hydrogens (tertiary/aromatic N) is 2. The molecule has 0 radical (unpaired) electrons. The number of benzene rings is 1. The lowest BCUT2D eigenvalue weighted by Gasteiger charge is -2.33. The summed E-state index contributed by atoms with van der Waals surface area (Å²) in [5.41, 5.74) is 1.78. The Bertz CT molecular complexity index is 896. The summed E-state index contributed by atoms with van der Waals surface area (Å²) in [5.74, 6) is 0.0853. The highest BCUT2D eigenvalue weighted by molar-refractivity contribution is 7.89. The van der Waals surface area contributed by atoms with E-state index in [9.17, 15) is 13.2 Å². The number of furan rings is 1. The molecule has 0 N–H and O–H groups in total. The molecule has 1 aromatic carbocycles. The fraction of sp³-hybridized carbons (Fsp3) is 0.450. The molecular weight excluding hydrogens is 364 g/mol. The number of amides is 1. The van der Waals surface area contributed by atoms with Crippen molar-refractivity contribution in [2.75, 3.05) is 32.7 Å². The van der Waals surface area contributed by atoms with Crippen LogP contribution < -0.4 is 0 Å². The number of likely N-dealkylation sites (N-methyl/N-ethyl adjacent to an activating group) is 1. The molecule has 1 saturated heterocycles. The first kappa shape index (κ1) is 19.6. The summed E-state index contributed by atoms with van der Waals surface area (Å²) in [7, 11) is -3.38. The van der Waals surface area contributed by atoms with Crippen molar-refractivity contribution >= 4 is 15.7 Å². The first-order chi connectivity index (χ1) is 12.9. The molecule has 1 aliphatic rings. The van der Waals surface area contributed by atoms with E-state index in [0.29, 0.717) is 18.8 Å². The van der Waals surface area contributed by atoms with Crippen LogP contribution in [0.4, 0.5) is 0 Å². The largest absolute Gasteiger partial charge is 0.455 e. The molecule has 0 saturated carbocycles. The van der Waals surface area contributed by atoms with E-state index in [1.165, 1.54) is 0 Å². The van der Waals surface area contributed by atoms with Crippen molar-refractivity contribution in [1.82, 2.24) is 9.80 Å². The first-order valence-electron chi connectivity index (χ1n) is 9.22. The number of hydrogen-bond acceptors (Lipinski definition) is 5. The quantitative estimate of drug-likeness (QED) is 0.758. The van der Waals surface area contributed by atoms with Crippen LogP contribution in [0.5, 0.6) is 0 Å². The van der Waals surface area contributed by atoms with Gasteiger partial charge in [0.1, 0.15) is 11.5 Å². The fourth-order valence-electron chi connectivity index (χ4n) is 3.32. The maximum Gasteiger partial charge on any atom is 0.289 e. The van der Waals surface area contributed by atoms with Gasteiger partial charge in [-0.25, -0.2) is 8.42 Å². The summed E-state index contributed by atoms with van der Waals surface area (Å²) in [6, 6.07) is 10.6. The van der Waals surface area contributed by atoms with E-state index >= 15 is 0 Å². The number of piperazine rings is 1. The van der Waals surface area contributed by atoms with Gasteiger partial charge >= 0.3 is 0 Å². The van der Waals surface area contributed by atoms with E-state index in [1.54, 1.807) is 23.1 Å². The zero-order chi connectivity index (χ0) is 19.4. The van der Waals surface area contributed by atoms with Crippen LogP contribution in [-0.2, 0) is 21.3 Å². The summed E-state index contributed by atoms with van der Waals surface area (Å²) in [4.78, 5) is 16.6. The molecule has 2 aromatic rings. The van der Waals surface area contributed by atoms with Gasteiger partial charge in [-0.05, 0) is 31.2 Å². The van der Waals surface area contributed by atoms with Crippen molar-refractivity contribution in [2.45, 2.75) is 25.4 Å². The molecular formula is C20H26N2O4S. The van der Waals surface area contributed by atoms with Crippen LogP contribution in [0.15, 0.2) is 40.8 Å². The minimum atomic E-state index is -3.38. The Morgan fingerprint density at radius 3 is 2.48 bits per heavy atom. The van der Waals surface area contributed by atoms with Gasteiger partial charge in [0.2, 0.25) is 0 Å². The van der Waals surface area contributed by atoms with Crippen molar-refractivity contribution < 1.29 is 17.6 Å². The van der Waals surface area contributed by atoms with Crippen LogP contribution in [0.3, 0.4) is 0 Å². The number of rotatable bonds is 6. The molecule has 6 nitrogen and oxygen atoms in total. The van der Waals surface area contributed by atoms with Gasteiger partial charge < -0.3 is 14.2 Å². The summed E-state index contributed by atoms with van der Waals surface area (Å²) in [6.45, 7) is 8.03. The van der Waals surface area contributed by atoms with Crippen LogP contribution in [-0.4, -0.2) is 56.8 Å². The molecule has 2 heterocycles. The number of carbonyl (C=O) groups is 1. The Balaban J connectivity index is 1.62. The maximum absolute atomic E-state index is 12.6. The third-order valence-corrected chi connectivity index (χ3v) is 6.31. The third kappa shape index (κ3) is 5.20. The number of aryl methyl sites for hydroxylation is 1. The Kier molecular flexibility index (Phi) is 6.01. The molecule has 27 heavy (non-hydrogen) atoms. The average molecular weight is 391 g/mol. The van der Waals surface area contributed by atoms with E-state index in [4.69, 9.17) is 4.42 Å². The average Bonchev–Trinajstić information content (AvgIpc) is 3.08. The minimum absolute atomic E-state index is 0.0440. The van der Waals surface area contributed by atoms with E-state index < -0.39 is 9.84 Å². The topological polar surface area (TPSA) is 70.8 Å². The summed E-state index contributed by atoms with van der Waals surface area (Å²) >= 11 is 0. The zero-order valence-corrected chi connectivity index (χ0v) is 16.7. The molecule has 0 spiro atoms. The molecule has 0 unspecified atom stereocenters. The molecule has 0 atom stereocenters. The lowest BCUT2D eigenvalue weighted by molar-refractivity contribution is 0.0611. The van der Waals surface area contributed by atoms with Crippen LogP contribution in [0.25, 0.3) is 0 Å². The van der Waals surface area contributed by atoms with Gasteiger partial charge in [-0.15, -0.1) is 0 Å². The highest BCUT2D eigenvalue weighted by Gasteiger charge is 2.24. The predicted molar refractivity (Wildman–Crippen MR) is 104 cm³/mol. The second-order valence-electron chi connectivity index (χ2n) is 7.01. The van der Waals surface area contributed by atoms with Gasteiger partial charge in [0.25, 0.3) is 5.91 Å².